The summed E-state index contributed by atoms with van der Waals surface area (Å²) in [7, 11) is 1.60. The first-order valence-electron chi connectivity index (χ1n) is 3.99. The first-order chi connectivity index (χ1) is 5.41. The van der Waals surface area contributed by atoms with Crippen LogP contribution in [0, 0.1) is 5.92 Å². The van der Waals surface area contributed by atoms with Crippen LogP contribution in [0.2, 0.25) is 0 Å². The lowest BCUT2D eigenvalue weighted by atomic mass is 9.89. The highest BCUT2D eigenvalue weighted by Crippen LogP contribution is 2.32. The second-order valence-electron chi connectivity index (χ2n) is 3.40. The molecule has 3 atom stereocenters. The number of hydrogen-bond donors (Lipinski definition) is 0. The zero-order valence-electron chi connectivity index (χ0n) is 6.83. The minimum Gasteiger partial charge on any atom is -0.247 e. The molecule has 12 heavy (non-hydrogen) atoms. The van der Waals surface area contributed by atoms with Crippen LogP contribution in [0.1, 0.15) is 26.2 Å². The van der Waals surface area contributed by atoms with Crippen LogP contribution < -0.4 is 0 Å². The Morgan fingerprint density at radius 2 is 2.00 bits per heavy atom. The molecule has 0 aromatic heterocycles. The van der Waals surface area contributed by atoms with Crippen molar-refractivity contribution in [2.24, 2.45) is 5.92 Å². The second kappa shape index (κ2) is 3.50. The maximum atomic E-state index is 12.8. The molecule has 0 N–H and O–H groups in total. The molecule has 0 heterocycles. The minimum absolute atomic E-state index is 0.0144. The lowest BCUT2D eigenvalue weighted by molar-refractivity contribution is 0.218. The van der Waals surface area contributed by atoms with Gasteiger partial charge in [-0.2, -0.15) is 0 Å². The zero-order chi connectivity index (χ0) is 9.35. The SMILES string of the molecule is CC1CCC(F)CC1S(=O)(=O)Cl. The molecule has 5 heteroatoms. The van der Waals surface area contributed by atoms with E-state index in [9.17, 15) is 12.8 Å². The summed E-state index contributed by atoms with van der Waals surface area (Å²) in [6, 6.07) is 0. The second-order valence-corrected chi connectivity index (χ2v) is 6.25. The van der Waals surface area contributed by atoms with Crippen molar-refractivity contribution in [3.63, 3.8) is 0 Å². The predicted molar refractivity (Wildman–Crippen MR) is 46.5 cm³/mol. The summed E-state index contributed by atoms with van der Waals surface area (Å²) in [6.45, 7) is 1.80. The summed E-state index contributed by atoms with van der Waals surface area (Å²) in [6.07, 6.45) is 0.134. The molecule has 3 unspecified atom stereocenters. The van der Waals surface area contributed by atoms with Gasteiger partial charge >= 0.3 is 0 Å². The first-order valence-corrected chi connectivity index (χ1v) is 6.36. The zero-order valence-corrected chi connectivity index (χ0v) is 8.41. The van der Waals surface area contributed by atoms with Crippen molar-refractivity contribution < 1.29 is 12.8 Å². The molecule has 0 aromatic rings. The van der Waals surface area contributed by atoms with E-state index in [1.165, 1.54) is 0 Å². The van der Waals surface area contributed by atoms with Crippen molar-refractivity contribution in [1.82, 2.24) is 0 Å². The molecule has 1 rings (SSSR count). The molecule has 1 aliphatic carbocycles. The van der Waals surface area contributed by atoms with Gasteiger partial charge in [0, 0.05) is 10.7 Å². The molecule has 1 aliphatic rings. The van der Waals surface area contributed by atoms with Crippen molar-refractivity contribution >= 4 is 19.7 Å². The van der Waals surface area contributed by atoms with Crippen molar-refractivity contribution in [2.75, 3.05) is 0 Å². The Kier molecular flexibility index (Phi) is 2.99. The summed E-state index contributed by atoms with van der Waals surface area (Å²) in [4.78, 5) is 0. The third-order valence-electron chi connectivity index (χ3n) is 2.42. The Balaban J connectivity index is 2.74. The quantitative estimate of drug-likeness (QED) is 0.627. The summed E-state index contributed by atoms with van der Waals surface area (Å²) < 4.78 is 34.7. The molecule has 0 radical (unpaired) electrons. The summed E-state index contributed by atoms with van der Waals surface area (Å²) in [5, 5.41) is -0.692. The van der Waals surface area contributed by atoms with E-state index in [2.05, 4.69) is 0 Å². The first kappa shape index (κ1) is 10.3. The van der Waals surface area contributed by atoms with Gasteiger partial charge in [-0.15, -0.1) is 0 Å². The fraction of sp³-hybridized carbons (Fsp3) is 1.00. The van der Waals surface area contributed by atoms with Crippen molar-refractivity contribution in [1.29, 1.82) is 0 Å². The molecule has 0 spiro atoms. The van der Waals surface area contributed by atoms with Crippen LogP contribution in [0.5, 0.6) is 0 Å². The van der Waals surface area contributed by atoms with Gasteiger partial charge in [0.05, 0.1) is 5.25 Å². The lowest BCUT2D eigenvalue weighted by Crippen LogP contribution is -2.32. The van der Waals surface area contributed by atoms with Crippen LogP contribution in [-0.4, -0.2) is 19.8 Å². The van der Waals surface area contributed by atoms with Crippen LogP contribution in [-0.2, 0) is 9.05 Å². The third-order valence-corrected chi connectivity index (χ3v) is 4.49. The van der Waals surface area contributed by atoms with Crippen LogP contribution in [0.25, 0.3) is 0 Å². The molecule has 0 amide bonds. The monoisotopic (exact) mass is 214 g/mol. The maximum Gasteiger partial charge on any atom is 0.235 e. The van der Waals surface area contributed by atoms with E-state index < -0.39 is 20.5 Å². The maximum absolute atomic E-state index is 12.8. The van der Waals surface area contributed by atoms with Gasteiger partial charge in [-0.25, -0.2) is 12.8 Å². The number of halogens is 2. The van der Waals surface area contributed by atoms with Gasteiger partial charge in [0.2, 0.25) is 9.05 Å². The van der Waals surface area contributed by atoms with Gasteiger partial charge in [-0.1, -0.05) is 6.92 Å². The molecule has 72 valence electrons. The molecular formula is C7H12ClFO2S. The van der Waals surface area contributed by atoms with Gasteiger partial charge in [0.1, 0.15) is 6.17 Å². The highest BCUT2D eigenvalue weighted by atomic mass is 35.7. The molecule has 1 fully saturated rings. The Morgan fingerprint density at radius 1 is 1.42 bits per heavy atom. The van der Waals surface area contributed by atoms with E-state index in [0.29, 0.717) is 12.8 Å². The predicted octanol–water partition coefficient (Wildman–Crippen LogP) is 2.08. The molecule has 0 aromatic carbocycles. The Labute approximate surface area is 76.5 Å². The summed E-state index contributed by atoms with van der Waals surface area (Å²) in [5.74, 6) is -0.0144. The van der Waals surface area contributed by atoms with Gasteiger partial charge in [0.15, 0.2) is 0 Å². The van der Waals surface area contributed by atoms with E-state index in [-0.39, 0.29) is 12.3 Å². The van der Waals surface area contributed by atoms with Crippen molar-refractivity contribution in [2.45, 2.75) is 37.6 Å². The van der Waals surface area contributed by atoms with Crippen molar-refractivity contribution in [3.05, 3.63) is 0 Å². The number of rotatable bonds is 1. The van der Waals surface area contributed by atoms with E-state index in [1.807, 2.05) is 0 Å². The number of alkyl halides is 1. The minimum atomic E-state index is -3.58. The van der Waals surface area contributed by atoms with Gasteiger partial charge < -0.3 is 0 Å². The molecule has 0 saturated heterocycles. The third kappa shape index (κ3) is 2.33. The number of hydrogen-bond acceptors (Lipinski definition) is 2. The standard InChI is InChI=1S/C7H12ClFO2S/c1-5-2-3-6(9)4-7(5)12(8,10)11/h5-7H,2-4H2,1H3. The molecular weight excluding hydrogens is 203 g/mol. The smallest absolute Gasteiger partial charge is 0.235 e. The lowest BCUT2D eigenvalue weighted by Gasteiger charge is -2.28. The fourth-order valence-corrected chi connectivity index (χ4v) is 3.50. The van der Waals surface area contributed by atoms with Crippen LogP contribution in [0.15, 0.2) is 0 Å². The van der Waals surface area contributed by atoms with E-state index in [4.69, 9.17) is 10.7 Å². The van der Waals surface area contributed by atoms with E-state index in [1.54, 1.807) is 6.92 Å². The van der Waals surface area contributed by atoms with E-state index in [0.717, 1.165) is 0 Å². The summed E-state index contributed by atoms with van der Waals surface area (Å²) in [5.41, 5.74) is 0. The molecule has 0 aliphatic heterocycles. The van der Waals surface area contributed by atoms with Gasteiger partial charge in [0.25, 0.3) is 0 Å². The normalized spacial score (nSPS) is 38.1. The Hall–Kier alpha value is 0.170. The fourth-order valence-electron chi connectivity index (χ4n) is 1.62. The molecule has 2 nitrogen and oxygen atoms in total. The van der Waals surface area contributed by atoms with E-state index >= 15 is 0 Å². The average molecular weight is 215 g/mol. The van der Waals surface area contributed by atoms with Crippen LogP contribution in [0.4, 0.5) is 4.39 Å². The largest absolute Gasteiger partial charge is 0.247 e. The van der Waals surface area contributed by atoms with Crippen molar-refractivity contribution in [3.8, 4) is 0 Å². The highest BCUT2D eigenvalue weighted by Gasteiger charge is 2.35. The Morgan fingerprint density at radius 3 is 2.42 bits per heavy atom. The van der Waals surface area contributed by atoms with Crippen LogP contribution >= 0.6 is 10.7 Å². The van der Waals surface area contributed by atoms with Gasteiger partial charge in [-0.05, 0) is 25.2 Å². The highest BCUT2D eigenvalue weighted by molar-refractivity contribution is 8.14. The van der Waals surface area contributed by atoms with Gasteiger partial charge in [-0.3, -0.25) is 0 Å². The summed E-state index contributed by atoms with van der Waals surface area (Å²) >= 11 is 0. The topological polar surface area (TPSA) is 34.1 Å². The average Bonchev–Trinajstić information content (AvgIpc) is 1.92. The molecule has 0 bridgehead atoms. The molecule has 1 saturated carbocycles. The van der Waals surface area contributed by atoms with Crippen LogP contribution in [0.3, 0.4) is 0 Å². The Bertz CT molecular complexity index is 252.